The SMILES string of the molecule is C=CCN1CC[C@]23c4c5ccc(O)c4O[C@H]2C(=O)CC[C@@]3(O)[C@H]1C5.CCS(=O)(=O)CCn1c([N+](=O)[O-])cnc1C.CN1[C@@H]2CC[C@H]1C[C@@H](OC(=O)c1c[nH]c3ccccc13)C2. The fraction of sp³-hybridized carbons (Fsp3) is 0.523. The molecule has 4 bridgehead atoms. The third-order valence-electron chi connectivity index (χ3n) is 14.2. The Hall–Kier alpha value is -5.10. The normalized spacial score (nSPS) is 28.5. The van der Waals surface area contributed by atoms with Gasteiger partial charge in [0.15, 0.2) is 39.0 Å². The maximum absolute atomic E-state index is 12.6. The lowest BCUT2D eigenvalue weighted by molar-refractivity contribution is -0.392. The molecule has 3 saturated heterocycles. The van der Waals surface area contributed by atoms with Gasteiger partial charge in [-0.2, -0.15) is 0 Å². The van der Waals surface area contributed by atoms with Crippen LogP contribution in [0.25, 0.3) is 10.9 Å². The van der Waals surface area contributed by atoms with Gasteiger partial charge < -0.3 is 39.7 Å². The van der Waals surface area contributed by atoms with E-state index in [-0.39, 0.29) is 53.5 Å². The van der Waals surface area contributed by atoms with Crippen molar-refractivity contribution in [3.8, 4) is 11.5 Å². The second-order valence-electron chi connectivity index (χ2n) is 17.2. The van der Waals surface area contributed by atoms with E-state index >= 15 is 0 Å². The molecule has 6 aliphatic rings. The van der Waals surface area contributed by atoms with Gasteiger partial charge in [0, 0.05) is 85.8 Å². The number of aromatic nitrogens is 3. The standard InChI is InChI=1S/C19H21NO4.C17H20N2O2.C8H13N3O4S/c1-2-8-20-9-7-18-15-11-3-4-12(21)16(15)24-17(18)13(22)5-6-19(18,23)14(20)10-11;1-19-11-6-7-12(19)9-13(8-11)21-17(20)15-10-18-16-5-3-2-4-14(15)16;1-3-16(14,15)5-4-10-7(2)9-6-8(10)11(12)13/h2-4,14,17,21,23H,1,5-10H2;2-5,10-13,18H,6-9H2,1H3;6H,3-5H2,1-2H3/t14-,17+,18+,19-;11-,12+,13+;/m1../s1. The zero-order valence-corrected chi connectivity index (χ0v) is 35.6. The van der Waals surface area contributed by atoms with Crippen LogP contribution >= 0.6 is 0 Å². The number of benzene rings is 2. The number of para-hydroxylation sites is 1. The molecular formula is C44H54N6O10S. The first-order valence-corrected chi connectivity index (χ1v) is 22.9. The van der Waals surface area contributed by atoms with Gasteiger partial charge in [-0.1, -0.05) is 37.3 Å². The van der Waals surface area contributed by atoms with Gasteiger partial charge in [0.2, 0.25) is 0 Å². The zero-order chi connectivity index (χ0) is 43.4. The number of piperidine rings is 2. The monoisotopic (exact) mass is 858 g/mol. The van der Waals surface area contributed by atoms with Crippen LogP contribution in [0.1, 0.15) is 79.2 Å². The lowest BCUT2D eigenvalue weighted by Crippen LogP contribution is -2.76. The number of imidazole rings is 1. The highest BCUT2D eigenvalue weighted by molar-refractivity contribution is 7.91. The molecule has 326 valence electrons. The summed E-state index contributed by atoms with van der Waals surface area (Å²) >= 11 is 0. The number of esters is 1. The molecule has 4 aliphatic heterocycles. The molecule has 17 heteroatoms. The zero-order valence-electron chi connectivity index (χ0n) is 34.8. The van der Waals surface area contributed by atoms with Crippen LogP contribution in [0.5, 0.6) is 11.5 Å². The van der Waals surface area contributed by atoms with Crippen molar-refractivity contribution in [2.75, 3.05) is 31.6 Å². The number of aliphatic hydroxyl groups is 1. The number of phenolic OH excluding ortho intramolecular Hbond substituents is 1. The van der Waals surface area contributed by atoms with Crippen LogP contribution < -0.4 is 4.74 Å². The number of nitro groups is 1. The minimum absolute atomic E-state index is 0.0363. The number of carbonyl (C=O) groups excluding carboxylic acids is 2. The second kappa shape index (κ2) is 16.3. The second-order valence-corrected chi connectivity index (χ2v) is 19.6. The number of fused-ring (bicyclic) bond motifs is 3. The van der Waals surface area contributed by atoms with Crippen molar-refractivity contribution in [2.45, 2.75) is 113 Å². The largest absolute Gasteiger partial charge is 0.504 e. The molecule has 4 aromatic rings. The Kier molecular flexibility index (Phi) is 11.4. The number of aryl methyl sites for hydroxylation is 1. The maximum Gasteiger partial charge on any atom is 0.342 e. The van der Waals surface area contributed by atoms with E-state index < -0.39 is 31.9 Å². The third kappa shape index (κ3) is 7.32. The van der Waals surface area contributed by atoms with Crippen LogP contribution in [-0.2, 0) is 37.7 Å². The van der Waals surface area contributed by atoms with Crippen molar-refractivity contribution >= 4 is 38.3 Å². The molecule has 3 N–H and O–H groups in total. The number of hydrogen-bond donors (Lipinski definition) is 3. The Bertz CT molecular complexity index is 2470. The number of aromatic amines is 1. The highest BCUT2D eigenvalue weighted by atomic mass is 32.2. The Morgan fingerprint density at radius 3 is 2.62 bits per heavy atom. The third-order valence-corrected chi connectivity index (χ3v) is 15.8. The summed E-state index contributed by atoms with van der Waals surface area (Å²) in [5.74, 6) is 0.527. The number of hydrogen-bond acceptors (Lipinski definition) is 13. The van der Waals surface area contributed by atoms with Crippen molar-refractivity contribution in [3.63, 3.8) is 0 Å². The van der Waals surface area contributed by atoms with E-state index in [1.54, 1.807) is 26.1 Å². The van der Waals surface area contributed by atoms with E-state index in [1.165, 1.54) is 17.4 Å². The van der Waals surface area contributed by atoms with Crippen molar-refractivity contribution in [1.29, 1.82) is 0 Å². The number of rotatable bonds is 9. The number of aromatic hydroxyl groups is 1. The fourth-order valence-corrected chi connectivity index (χ4v) is 11.7. The van der Waals surface area contributed by atoms with E-state index in [4.69, 9.17) is 9.47 Å². The molecule has 10 rings (SSSR count). The Morgan fingerprint density at radius 1 is 1.18 bits per heavy atom. The molecule has 0 radical (unpaired) electrons. The first kappa shape index (κ1) is 42.6. The summed E-state index contributed by atoms with van der Waals surface area (Å²) in [6, 6.07) is 12.5. The first-order valence-electron chi connectivity index (χ1n) is 21.1. The number of nitrogens with one attached hydrogen (secondary N) is 1. The molecule has 1 spiro atoms. The van der Waals surface area contributed by atoms with Gasteiger partial charge in [0.25, 0.3) is 0 Å². The molecule has 7 atom stereocenters. The average molecular weight is 859 g/mol. The maximum atomic E-state index is 12.6. The number of ether oxygens (including phenoxy) is 2. The molecule has 6 heterocycles. The van der Waals surface area contributed by atoms with E-state index in [2.05, 4.69) is 33.4 Å². The first-order chi connectivity index (χ1) is 29.1. The summed E-state index contributed by atoms with van der Waals surface area (Å²) in [4.78, 5) is 46.8. The Morgan fingerprint density at radius 2 is 1.92 bits per heavy atom. The number of carbonyl (C=O) groups is 2. The number of ketones is 1. The summed E-state index contributed by atoms with van der Waals surface area (Å²) in [5.41, 5.74) is 1.89. The van der Waals surface area contributed by atoms with E-state index in [0.717, 1.165) is 54.2 Å². The minimum atomic E-state index is -3.13. The van der Waals surface area contributed by atoms with Gasteiger partial charge >= 0.3 is 11.8 Å². The molecule has 61 heavy (non-hydrogen) atoms. The van der Waals surface area contributed by atoms with Gasteiger partial charge in [0.1, 0.15) is 18.8 Å². The summed E-state index contributed by atoms with van der Waals surface area (Å²) < 4.78 is 35.6. The molecule has 2 aromatic carbocycles. The van der Waals surface area contributed by atoms with Crippen LogP contribution in [0.2, 0.25) is 0 Å². The smallest absolute Gasteiger partial charge is 0.342 e. The lowest BCUT2D eigenvalue weighted by Gasteiger charge is -2.62. The number of phenols is 1. The lowest BCUT2D eigenvalue weighted by atomic mass is 9.49. The Balaban J connectivity index is 0.000000129. The quantitative estimate of drug-likeness (QED) is 0.0897. The number of likely N-dealkylation sites (tertiary alicyclic amines) is 1. The summed E-state index contributed by atoms with van der Waals surface area (Å²) in [7, 11) is -0.932. The number of Topliss-reactive ketones (excluding diaryl/α,β-unsaturated/α-hetero) is 1. The minimum Gasteiger partial charge on any atom is -0.504 e. The topological polar surface area (TPSA) is 210 Å². The van der Waals surface area contributed by atoms with Crippen molar-refractivity contribution in [2.24, 2.45) is 0 Å². The van der Waals surface area contributed by atoms with E-state index in [1.807, 2.05) is 36.4 Å². The van der Waals surface area contributed by atoms with Crippen LogP contribution in [0, 0.1) is 17.0 Å². The summed E-state index contributed by atoms with van der Waals surface area (Å²) in [6.45, 7) is 8.58. The average Bonchev–Trinajstić information content (AvgIpc) is 3.98. The molecular weight excluding hydrogens is 805 g/mol. The molecule has 2 aliphatic carbocycles. The molecule has 16 nitrogen and oxygen atoms in total. The summed E-state index contributed by atoms with van der Waals surface area (Å²) in [6.07, 6.45) is 10.7. The van der Waals surface area contributed by atoms with Crippen LogP contribution in [-0.4, -0.2) is 127 Å². The van der Waals surface area contributed by atoms with E-state index in [0.29, 0.717) is 54.9 Å². The number of H-pyrrole nitrogens is 1. The molecule has 4 fully saturated rings. The number of sulfone groups is 1. The van der Waals surface area contributed by atoms with Gasteiger partial charge in [-0.3, -0.25) is 9.69 Å². The van der Waals surface area contributed by atoms with Gasteiger partial charge in [-0.05, 0) is 61.8 Å². The highest BCUT2D eigenvalue weighted by Crippen LogP contribution is 2.64. The molecule has 0 unspecified atom stereocenters. The Labute approximate surface area is 354 Å². The predicted molar refractivity (Wildman–Crippen MR) is 227 cm³/mol. The van der Waals surface area contributed by atoms with Crippen molar-refractivity contribution < 1.29 is 42.6 Å². The highest BCUT2D eigenvalue weighted by Gasteiger charge is 2.73. The molecule has 2 aromatic heterocycles. The summed E-state index contributed by atoms with van der Waals surface area (Å²) in [5, 5.41) is 33.7. The van der Waals surface area contributed by atoms with Crippen molar-refractivity contribution in [1.82, 2.24) is 24.3 Å². The van der Waals surface area contributed by atoms with Crippen LogP contribution in [0.15, 0.2) is 61.4 Å². The van der Waals surface area contributed by atoms with Gasteiger partial charge in [0.05, 0.1) is 22.3 Å². The van der Waals surface area contributed by atoms with Crippen molar-refractivity contribution in [3.05, 3.63) is 94.1 Å². The molecule has 1 saturated carbocycles. The van der Waals surface area contributed by atoms with Crippen LogP contribution in [0.3, 0.4) is 0 Å². The van der Waals surface area contributed by atoms with Crippen LogP contribution in [0.4, 0.5) is 5.82 Å². The number of nitrogens with zero attached hydrogens (tertiary/aromatic N) is 5. The molecule has 0 amide bonds. The van der Waals surface area contributed by atoms with Gasteiger partial charge in [-0.25, -0.2) is 22.8 Å². The fourth-order valence-electron chi connectivity index (χ4n) is 11.0. The van der Waals surface area contributed by atoms with Gasteiger partial charge in [-0.15, -0.1) is 6.58 Å². The van der Waals surface area contributed by atoms with E-state index in [9.17, 15) is 38.3 Å². The predicted octanol–water partition coefficient (Wildman–Crippen LogP) is 4.79.